The smallest absolute Gasteiger partial charge is 0.422 e. The summed E-state index contributed by atoms with van der Waals surface area (Å²) >= 11 is 0. The molecule has 1 aliphatic rings. The maximum absolute atomic E-state index is 12.2. The van der Waals surface area contributed by atoms with Crippen LogP contribution < -0.4 is 0 Å². The number of carbonyl (C=O) groups is 2. The number of halogens is 6. The first-order valence-corrected chi connectivity index (χ1v) is 6.98. The van der Waals surface area contributed by atoms with Crippen LogP contribution in [0.5, 0.6) is 0 Å². The summed E-state index contributed by atoms with van der Waals surface area (Å²) in [6, 6.07) is 7.74. The monoisotopic (exact) mass is 370 g/mol. The Hall–Kier alpha value is -2.26. The molecule has 0 bridgehead atoms. The average Bonchev–Trinajstić information content (AvgIpc) is 3.26. The number of ether oxygens (including phenoxy) is 2. The molecule has 0 N–H and O–H groups in total. The Morgan fingerprint density at radius 1 is 0.920 bits per heavy atom. The number of carbonyl (C=O) groups excluding carboxylic acids is 2. The molecule has 0 amide bonds. The van der Waals surface area contributed by atoms with Crippen molar-refractivity contribution < 1.29 is 45.4 Å². The molecule has 4 nitrogen and oxygen atoms in total. The molecule has 0 aromatic heterocycles. The Labute approximate surface area is 137 Å². The van der Waals surface area contributed by atoms with Gasteiger partial charge in [-0.3, -0.25) is 9.59 Å². The lowest BCUT2D eigenvalue weighted by atomic mass is 9.99. The standard InChI is InChI=1S/C15H12F6O4/c16-14(17,18)7-24-11(22)13(12(23)25-8-15(19,20)21)6-10(13)9-4-2-1-3-5-9/h1-5,10H,6-8H2. The maximum atomic E-state index is 12.2. The fourth-order valence-corrected chi connectivity index (χ4v) is 2.44. The lowest BCUT2D eigenvalue weighted by Gasteiger charge is -2.17. The third-order valence-electron chi connectivity index (χ3n) is 3.63. The summed E-state index contributed by atoms with van der Waals surface area (Å²) in [7, 11) is 0. The normalized spacial score (nSPS) is 19.2. The van der Waals surface area contributed by atoms with Crippen LogP contribution in [0.1, 0.15) is 17.9 Å². The van der Waals surface area contributed by atoms with E-state index in [2.05, 4.69) is 9.47 Å². The van der Waals surface area contributed by atoms with Gasteiger partial charge in [0.05, 0.1) is 0 Å². The predicted octanol–water partition coefficient (Wildman–Crippen LogP) is 3.37. The number of hydrogen-bond acceptors (Lipinski definition) is 4. The molecule has 1 aliphatic carbocycles. The van der Waals surface area contributed by atoms with Gasteiger partial charge >= 0.3 is 24.3 Å². The van der Waals surface area contributed by atoms with Crippen LogP contribution in [0.3, 0.4) is 0 Å². The highest BCUT2D eigenvalue weighted by molar-refractivity contribution is 6.05. The minimum atomic E-state index is -4.83. The number of alkyl halides is 6. The molecule has 0 saturated heterocycles. The first-order valence-electron chi connectivity index (χ1n) is 6.98. The SMILES string of the molecule is O=C(OCC(F)(F)F)C1(C(=O)OCC(F)(F)F)CC1c1ccccc1. The maximum Gasteiger partial charge on any atom is 0.422 e. The number of benzene rings is 1. The van der Waals surface area contributed by atoms with E-state index in [-0.39, 0.29) is 6.42 Å². The van der Waals surface area contributed by atoms with E-state index in [9.17, 15) is 35.9 Å². The molecule has 1 aromatic rings. The summed E-state index contributed by atoms with van der Waals surface area (Å²) in [6.07, 6.45) is -9.95. The van der Waals surface area contributed by atoms with E-state index in [4.69, 9.17) is 0 Å². The van der Waals surface area contributed by atoms with E-state index in [1.165, 1.54) is 12.1 Å². The van der Waals surface area contributed by atoms with Crippen molar-refractivity contribution in [1.82, 2.24) is 0 Å². The highest BCUT2D eigenvalue weighted by atomic mass is 19.4. The summed E-state index contributed by atoms with van der Waals surface area (Å²) in [5, 5.41) is 0. The van der Waals surface area contributed by atoms with E-state index in [1.54, 1.807) is 18.2 Å². The van der Waals surface area contributed by atoms with Crippen molar-refractivity contribution in [2.75, 3.05) is 13.2 Å². The van der Waals surface area contributed by atoms with Gasteiger partial charge in [0.25, 0.3) is 0 Å². The number of hydrogen-bond donors (Lipinski definition) is 0. The third-order valence-corrected chi connectivity index (χ3v) is 3.63. The van der Waals surface area contributed by atoms with Gasteiger partial charge in [-0.25, -0.2) is 0 Å². The molecule has 1 saturated carbocycles. The molecule has 1 atom stereocenters. The topological polar surface area (TPSA) is 52.6 Å². The van der Waals surface area contributed by atoms with E-state index < -0.39 is 48.8 Å². The van der Waals surface area contributed by atoms with Crippen LogP contribution in [0.25, 0.3) is 0 Å². The summed E-state index contributed by atoms with van der Waals surface area (Å²) in [6.45, 7) is -3.89. The fraction of sp³-hybridized carbons (Fsp3) is 0.467. The molecule has 10 heteroatoms. The quantitative estimate of drug-likeness (QED) is 0.453. The van der Waals surface area contributed by atoms with Gasteiger partial charge in [-0.15, -0.1) is 0 Å². The fourth-order valence-electron chi connectivity index (χ4n) is 2.44. The van der Waals surface area contributed by atoms with Crippen LogP contribution in [-0.2, 0) is 19.1 Å². The molecule has 1 aromatic carbocycles. The van der Waals surface area contributed by atoms with Crippen LogP contribution in [0.2, 0.25) is 0 Å². The van der Waals surface area contributed by atoms with Gasteiger partial charge in [0.2, 0.25) is 0 Å². The second-order valence-corrected chi connectivity index (χ2v) is 5.52. The molecule has 1 fully saturated rings. The summed E-state index contributed by atoms with van der Waals surface area (Å²) in [5.41, 5.74) is -1.78. The summed E-state index contributed by atoms with van der Waals surface area (Å²) in [5.74, 6) is -4.01. The lowest BCUT2D eigenvalue weighted by molar-refractivity contribution is -0.201. The van der Waals surface area contributed by atoms with Crippen molar-refractivity contribution in [3.63, 3.8) is 0 Å². The van der Waals surface area contributed by atoms with Crippen LogP contribution in [0, 0.1) is 5.41 Å². The largest absolute Gasteiger partial charge is 0.455 e. The van der Waals surface area contributed by atoms with Crippen molar-refractivity contribution >= 4 is 11.9 Å². The van der Waals surface area contributed by atoms with Gasteiger partial charge in [-0.2, -0.15) is 26.3 Å². The van der Waals surface area contributed by atoms with Crippen molar-refractivity contribution in [3.05, 3.63) is 35.9 Å². The van der Waals surface area contributed by atoms with Gasteiger partial charge < -0.3 is 9.47 Å². The summed E-state index contributed by atoms with van der Waals surface area (Å²) in [4.78, 5) is 24.0. The third kappa shape index (κ3) is 4.64. The Morgan fingerprint density at radius 3 is 1.76 bits per heavy atom. The van der Waals surface area contributed by atoms with Crippen molar-refractivity contribution in [2.24, 2.45) is 5.41 Å². The molecule has 1 unspecified atom stereocenters. The predicted molar refractivity (Wildman–Crippen MR) is 70.3 cm³/mol. The van der Waals surface area contributed by atoms with Crippen LogP contribution in [0.4, 0.5) is 26.3 Å². The zero-order chi connectivity index (χ0) is 18.9. The van der Waals surface area contributed by atoms with Gasteiger partial charge in [0.1, 0.15) is 0 Å². The second-order valence-electron chi connectivity index (χ2n) is 5.52. The van der Waals surface area contributed by atoms with E-state index in [0.29, 0.717) is 5.56 Å². The van der Waals surface area contributed by atoms with Crippen molar-refractivity contribution in [3.8, 4) is 0 Å². The van der Waals surface area contributed by atoms with Crippen molar-refractivity contribution in [1.29, 1.82) is 0 Å². The Morgan fingerprint density at radius 2 is 1.36 bits per heavy atom. The highest BCUT2D eigenvalue weighted by Gasteiger charge is 2.69. The first-order chi connectivity index (χ1) is 11.5. The Balaban J connectivity index is 2.18. The number of rotatable bonds is 5. The minimum Gasteiger partial charge on any atom is -0.455 e. The molecule has 0 aliphatic heterocycles. The average molecular weight is 370 g/mol. The zero-order valence-electron chi connectivity index (χ0n) is 12.5. The van der Waals surface area contributed by atoms with Crippen LogP contribution in [-0.4, -0.2) is 37.5 Å². The second kappa shape index (κ2) is 6.57. The van der Waals surface area contributed by atoms with Gasteiger partial charge in [-0.05, 0) is 12.0 Å². The zero-order valence-corrected chi connectivity index (χ0v) is 12.5. The number of esters is 2. The molecule has 0 spiro atoms. The van der Waals surface area contributed by atoms with Crippen molar-refractivity contribution in [2.45, 2.75) is 24.7 Å². The molecule has 0 heterocycles. The molecule has 138 valence electrons. The lowest BCUT2D eigenvalue weighted by Crippen LogP contribution is -2.35. The molecule has 0 radical (unpaired) electrons. The molecule has 2 rings (SSSR count). The van der Waals surface area contributed by atoms with Gasteiger partial charge in [0.15, 0.2) is 18.6 Å². The minimum absolute atomic E-state index is 0.287. The summed E-state index contributed by atoms with van der Waals surface area (Å²) < 4.78 is 81.4. The molecular weight excluding hydrogens is 358 g/mol. The Kier molecular flexibility index (Phi) is 5.01. The van der Waals surface area contributed by atoms with E-state index in [0.717, 1.165) is 0 Å². The van der Waals surface area contributed by atoms with Gasteiger partial charge in [-0.1, -0.05) is 30.3 Å². The van der Waals surface area contributed by atoms with Gasteiger partial charge in [0, 0.05) is 5.92 Å². The Bertz CT molecular complexity index is 608. The first kappa shape index (κ1) is 19.1. The highest BCUT2D eigenvalue weighted by Crippen LogP contribution is 2.61. The van der Waals surface area contributed by atoms with Crippen LogP contribution in [0.15, 0.2) is 30.3 Å². The molecular formula is C15H12F6O4. The van der Waals surface area contributed by atoms with E-state index in [1.807, 2.05) is 0 Å². The van der Waals surface area contributed by atoms with Crippen LogP contribution >= 0.6 is 0 Å². The molecule has 25 heavy (non-hydrogen) atoms. The van der Waals surface area contributed by atoms with E-state index >= 15 is 0 Å².